The number of hydrogen-bond acceptors (Lipinski definition) is 2. The summed E-state index contributed by atoms with van der Waals surface area (Å²) >= 11 is 0. The van der Waals surface area contributed by atoms with E-state index in [-0.39, 0.29) is 12.5 Å². The quantitative estimate of drug-likeness (QED) is 0.802. The number of aliphatic hydroxyl groups excluding tert-OH is 1. The summed E-state index contributed by atoms with van der Waals surface area (Å²) in [4.78, 5) is 3.28. The number of aliphatic hydroxyl groups is 1. The number of aromatic nitrogens is 1. The van der Waals surface area contributed by atoms with E-state index in [1.165, 1.54) is 6.07 Å². The third-order valence-electron chi connectivity index (χ3n) is 1.92. The number of hydrogen-bond donors (Lipinski definition) is 1. The van der Waals surface area contributed by atoms with Crippen molar-refractivity contribution in [1.29, 1.82) is 0 Å². The zero-order chi connectivity index (χ0) is 10.8. The number of pyridine rings is 1. The van der Waals surface area contributed by atoms with Crippen molar-refractivity contribution in [1.82, 2.24) is 4.98 Å². The Bertz CT molecular complexity index is 294. The normalized spacial score (nSPS) is 14.1. The van der Waals surface area contributed by atoms with Crippen LogP contribution in [0, 0.1) is 0 Å². The van der Waals surface area contributed by atoms with Gasteiger partial charge in [0, 0.05) is 18.7 Å². The van der Waals surface area contributed by atoms with E-state index in [0.29, 0.717) is 5.56 Å². The van der Waals surface area contributed by atoms with Crippen molar-refractivity contribution in [2.75, 3.05) is 6.61 Å². The molecule has 0 spiro atoms. The van der Waals surface area contributed by atoms with Gasteiger partial charge in [0.1, 0.15) is 5.69 Å². The van der Waals surface area contributed by atoms with Gasteiger partial charge in [0.05, 0.1) is 0 Å². The second-order valence-corrected chi connectivity index (χ2v) is 3.06. The minimum Gasteiger partial charge on any atom is -0.396 e. The molecular formula is C9H10F3NO. The second-order valence-electron chi connectivity index (χ2n) is 3.06. The van der Waals surface area contributed by atoms with Crippen LogP contribution in [0.25, 0.3) is 0 Å². The van der Waals surface area contributed by atoms with Crippen LogP contribution in [0.2, 0.25) is 0 Å². The molecule has 2 nitrogen and oxygen atoms in total. The van der Waals surface area contributed by atoms with E-state index in [1.54, 1.807) is 6.92 Å². The maximum absolute atomic E-state index is 12.1. The lowest BCUT2D eigenvalue weighted by atomic mass is 10.0. The third kappa shape index (κ3) is 2.45. The van der Waals surface area contributed by atoms with Crippen LogP contribution < -0.4 is 0 Å². The van der Waals surface area contributed by atoms with E-state index >= 15 is 0 Å². The molecule has 1 heterocycles. The molecule has 0 aromatic carbocycles. The number of nitrogens with zero attached hydrogens (tertiary/aromatic N) is 1. The standard InChI is InChI=1S/C9H10F3NO/c1-6(5-14)7-2-3-8(13-4-7)9(10,11)12/h2-4,6,14H,5H2,1H3/t6-/m1/s1. The van der Waals surface area contributed by atoms with E-state index in [1.807, 2.05) is 0 Å². The highest BCUT2D eigenvalue weighted by Crippen LogP contribution is 2.27. The SMILES string of the molecule is C[C@H](CO)c1ccc(C(F)(F)F)nc1. The Morgan fingerprint density at radius 2 is 2.07 bits per heavy atom. The fourth-order valence-electron chi connectivity index (χ4n) is 0.970. The van der Waals surface area contributed by atoms with Crippen molar-refractivity contribution in [3.05, 3.63) is 29.6 Å². The first-order valence-corrected chi connectivity index (χ1v) is 4.09. The maximum atomic E-state index is 12.1. The van der Waals surface area contributed by atoms with Crippen molar-refractivity contribution >= 4 is 0 Å². The summed E-state index contributed by atoms with van der Waals surface area (Å²) in [5.41, 5.74) is -0.313. The van der Waals surface area contributed by atoms with Crippen LogP contribution in [-0.4, -0.2) is 16.7 Å². The predicted octanol–water partition coefficient (Wildman–Crippen LogP) is 2.20. The summed E-state index contributed by atoms with van der Waals surface area (Å²) in [6, 6.07) is 2.25. The lowest BCUT2D eigenvalue weighted by Gasteiger charge is -2.09. The zero-order valence-electron chi connectivity index (χ0n) is 7.54. The van der Waals surface area contributed by atoms with Gasteiger partial charge in [-0.05, 0) is 11.6 Å². The minimum absolute atomic E-state index is 0.104. The molecule has 1 atom stereocenters. The van der Waals surface area contributed by atoms with Crippen molar-refractivity contribution in [2.45, 2.75) is 19.0 Å². The summed E-state index contributed by atoms with van der Waals surface area (Å²) in [6.07, 6.45) is -3.26. The maximum Gasteiger partial charge on any atom is 0.433 e. The van der Waals surface area contributed by atoms with Crippen LogP contribution in [0.15, 0.2) is 18.3 Å². The van der Waals surface area contributed by atoms with Crippen molar-refractivity contribution < 1.29 is 18.3 Å². The third-order valence-corrected chi connectivity index (χ3v) is 1.92. The molecule has 5 heteroatoms. The van der Waals surface area contributed by atoms with Gasteiger partial charge in [-0.3, -0.25) is 4.98 Å². The zero-order valence-corrected chi connectivity index (χ0v) is 7.54. The van der Waals surface area contributed by atoms with Crippen LogP contribution in [0.4, 0.5) is 13.2 Å². The van der Waals surface area contributed by atoms with E-state index in [9.17, 15) is 13.2 Å². The summed E-state index contributed by atoms with van der Waals surface area (Å²) in [6.45, 7) is 1.61. The van der Waals surface area contributed by atoms with Gasteiger partial charge in [0.25, 0.3) is 0 Å². The lowest BCUT2D eigenvalue weighted by molar-refractivity contribution is -0.141. The van der Waals surface area contributed by atoms with E-state index in [4.69, 9.17) is 5.11 Å². The molecule has 0 amide bonds. The first kappa shape index (κ1) is 11.0. The molecule has 1 N–H and O–H groups in total. The fraction of sp³-hybridized carbons (Fsp3) is 0.444. The van der Waals surface area contributed by atoms with E-state index in [2.05, 4.69) is 4.98 Å². The molecule has 0 aliphatic rings. The Balaban J connectivity index is 2.89. The molecule has 0 bridgehead atoms. The minimum atomic E-state index is -4.40. The molecule has 1 rings (SSSR count). The van der Waals surface area contributed by atoms with Crippen LogP contribution in [-0.2, 0) is 6.18 Å². The molecule has 78 valence electrons. The van der Waals surface area contributed by atoms with Gasteiger partial charge < -0.3 is 5.11 Å². The Hall–Kier alpha value is -1.10. The molecule has 0 saturated carbocycles. The molecule has 1 aromatic heterocycles. The van der Waals surface area contributed by atoms with Gasteiger partial charge in [0.2, 0.25) is 0 Å². The highest BCUT2D eigenvalue weighted by atomic mass is 19.4. The van der Waals surface area contributed by atoms with Crippen LogP contribution in [0.3, 0.4) is 0 Å². The highest BCUT2D eigenvalue weighted by Gasteiger charge is 2.32. The molecular weight excluding hydrogens is 195 g/mol. The molecule has 0 radical (unpaired) electrons. The molecule has 1 aromatic rings. The summed E-state index contributed by atoms with van der Waals surface area (Å²) in [5.74, 6) is -0.190. The average molecular weight is 205 g/mol. The molecule has 0 unspecified atom stereocenters. The molecule has 14 heavy (non-hydrogen) atoms. The Morgan fingerprint density at radius 3 is 2.43 bits per heavy atom. The topological polar surface area (TPSA) is 33.1 Å². The van der Waals surface area contributed by atoms with Gasteiger partial charge in [-0.1, -0.05) is 13.0 Å². The van der Waals surface area contributed by atoms with Crippen molar-refractivity contribution in [3.63, 3.8) is 0 Å². The predicted molar refractivity (Wildman–Crippen MR) is 44.7 cm³/mol. The smallest absolute Gasteiger partial charge is 0.396 e. The first-order valence-electron chi connectivity index (χ1n) is 4.09. The monoisotopic (exact) mass is 205 g/mol. The molecule has 0 fully saturated rings. The van der Waals surface area contributed by atoms with Crippen molar-refractivity contribution in [3.8, 4) is 0 Å². The molecule has 0 aliphatic heterocycles. The first-order chi connectivity index (χ1) is 6.45. The lowest BCUT2D eigenvalue weighted by Crippen LogP contribution is -2.08. The Morgan fingerprint density at radius 1 is 1.43 bits per heavy atom. The highest BCUT2D eigenvalue weighted by molar-refractivity contribution is 5.19. The van der Waals surface area contributed by atoms with Gasteiger partial charge in [-0.15, -0.1) is 0 Å². The average Bonchev–Trinajstić information content (AvgIpc) is 2.15. The molecule has 0 aliphatic carbocycles. The summed E-state index contributed by atoms with van der Waals surface area (Å²) in [5, 5.41) is 8.77. The summed E-state index contributed by atoms with van der Waals surface area (Å²) in [7, 11) is 0. The fourth-order valence-corrected chi connectivity index (χ4v) is 0.970. The summed E-state index contributed by atoms with van der Waals surface area (Å²) < 4.78 is 36.3. The Kier molecular flexibility index (Phi) is 3.10. The van der Waals surface area contributed by atoms with Crippen LogP contribution in [0.1, 0.15) is 24.1 Å². The molecule has 0 saturated heterocycles. The van der Waals surface area contributed by atoms with Crippen molar-refractivity contribution in [2.24, 2.45) is 0 Å². The van der Waals surface area contributed by atoms with Gasteiger partial charge in [-0.25, -0.2) is 0 Å². The Labute approximate surface area is 79.4 Å². The van der Waals surface area contributed by atoms with E-state index in [0.717, 1.165) is 12.3 Å². The van der Waals surface area contributed by atoms with Gasteiger partial charge in [0.15, 0.2) is 0 Å². The van der Waals surface area contributed by atoms with E-state index < -0.39 is 11.9 Å². The van der Waals surface area contributed by atoms with Gasteiger partial charge in [-0.2, -0.15) is 13.2 Å². The number of halogens is 3. The largest absolute Gasteiger partial charge is 0.433 e. The van der Waals surface area contributed by atoms with Crippen LogP contribution in [0.5, 0.6) is 0 Å². The van der Waals surface area contributed by atoms with Crippen LogP contribution >= 0.6 is 0 Å². The number of rotatable bonds is 2. The number of alkyl halides is 3. The van der Waals surface area contributed by atoms with Gasteiger partial charge >= 0.3 is 6.18 Å². The second kappa shape index (κ2) is 3.96.